The normalized spacial score (nSPS) is 10.2. The Hall–Kier alpha value is -0.816. The van der Waals surface area contributed by atoms with Gasteiger partial charge in [0.05, 0.1) is 0 Å². The maximum absolute atomic E-state index is 12.5. The molecule has 0 saturated heterocycles. The third-order valence-electron chi connectivity index (χ3n) is 4.04. The van der Waals surface area contributed by atoms with Crippen molar-refractivity contribution < 1.29 is 45.9 Å². The van der Waals surface area contributed by atoms with Gasteiger partial charge in [-0.25, -0.2) is 8.42 Å². The molecular weight excluding hydrogens is 491 g/mol. The molecular formula is C23H33NO3S2Y-2. The van der Waals surface area contributed by atoms with Crippen molar-refractivity contribution in [1.29, 1.82) is 0 Å². The molecule has 0 aliphatic rings. The Balaban J connectivity index is 0. The van der Waals surface area contributed by atoms with Crippen molar-refractivity contribution in [1.82, 2.24) is 4.90 Å². The average molecular weight is 525 g/mol. The smallest absolute Gasteiger partial charge is 0.219 e. The van der Waals surface area contributed by atoms with Crippen LogP contribution in [0.25, 0.3) is 11.1 Å². The van der Waals surface area contributed by atoms with E-state index in [0.717, 1.165) is 16.0 Å². The Morgan fingerprint density at radius 2 is 1.73 bits per heavy atom. The fourth-order valence-electron chi connectivity index (χ4n) is 2.77. The maximum atomic E-state index is 12.5. The van der Waals surface area contributed by atoms with E-state index in [4.69, 9.17) is 0 Å². The van der Waals surface area contributed by atoms with E-state index in [1.165, 1.54) is 11.3 Å². The molecule has 1 aromatic carbocycles. The van der Waals surface area contributed by atoms with Gasteiger partial charge in [0.1, 0.15) is 4.21 Å². The van der Waals surface area contributed by atoms with Crippen LogP contribution in [0.5, 0.6) is 0 Å². The second-order valence-corrected chi connectivity index (χ2v) is 9.95. The molecule has 4 nitrogen and oxygen atoms in total. The van der Waals surface area contributed by atoms with Gasteiger partial charge in [0.2, 0.25) is 5.91 Å². The molecule has 2 aromatic rings. The topological polar surface area (TPSA) is 54.5 Å². The summed E-state index contributed by atoms with van der Waals surface area (Å²) >= 11 is 1.27. The number of sulfone groups is 1. The second kappa shape index (κ2) is 14.3. The van der Waals surface area contributed by atoms with Crippen molar-refractivity contribution in [3.8, 4) is 11.1 Å². The molecule has 0 N–H and O–H groups in total. The molecule has 0 saturated carbocycles. The summed E-state index contributed by atoms with van der Waals surface area (Å²) in [5, 5.41) is 0. The van der Waals surface area contributed by atoms with Gasteiger partial charge in [-0.2, -0.15) is 0 Å². The number of aryl methyl sites for hydroxylation is 1. The Morgan fingerprint density at radius 1 is 1.20 bits per heavy atom. The van der Waals surface area contributed by atoms with Crippen LogP contribution in [-0.4, -0.2) is 31.0 Å². The first-order chi connectivity index (χ1) is 13.2. The number of rotatable bonds is 7. The number of amides is 1. The Bertz CT molecular complexity index is 901. The van der Waals surface area contributed by atoms with Crippen molar-refractivity contribution in [2.24, 2.45) is 0 Å². The Kier molecular flexibility index (Phi) is 14.9. The van der Waals surface area contributed by atoms with E-state index in [1.807, 2.05) is 65.0 Å². The quantitative estimate of drug-likeness (QED) is 0.436. The van der Waals surface area contributed by atoms with Crippen molar-refractivity contribution >= 4 is 27.1 Å². The molecule has 2 rings (SSSR count). The number of carbonyl (C=O) groups excluding carboxylic acids is 1. The summed E-state index contributed by atoms with van der Waals surface area (Å²) in [6.45, 7) is 15.4. The Morgan fingerprint density at radius 3 is 2.17 bits per heavy atom. The molecule has 30 heavy (non-hydrogen) atoms. The van der Waals surface area contributed by atoms with Crippen LogP contribution in [0.1, 0.15) is 45.1 Å². The average Bonchev–Trinajstić information content (AvgIpc) is 3.04. The molecule has 0 unspecified atom stereocenters. The predicted molar refractivity (Wildman–Crippen MR) is 125 cm³/mol. The van der Waals surface area contributed by atoms with Crippen LogP contribution in [0, 0.1) is 20.4 Å². The molecule has 1 radical (unpaired) electrons. The Labute approximate surface area is 212 Å². The first-order valence-corrected chi connectivity index (χ1v) is 11.8. The van der Waals surface area contributed by atoms with Crippen molar-refractivity contribution in [3.63, 3.8) is 0 Å². The molecule has 0 atom stereocenters. The third kappa shape index (κ3) is 8.37. The van der Waals surface area contributed by atoms with Crippen LogP contribution in [-0.2, 0) is 53.9 Å². The number of nitrogens with zero attached hydrogens (tertiary/aromatic N) is 1. The van der Waals surface area contributed by atoms with Gasteiger partial charge in [-0.1, -0.05) is 43.9 Å². The van der Waals surface area contributed by atoms with E-state index in [2.05, 4.69) is 12.7 Å². The van der Waals surface area contributed by atoms with E-state index >= 15 is 0 Å². The predicted octanol–water partition coefficient (Wildman–Crippen LogP) is 5.72. The van der Waals surface area contributed by atoms with Crippen LogP contribution in [0.15, 0.2) is 41.1 Å². The minimum absolute atomic E-state index is 0. The number of hydrogen-bond donors (Lipinski definition) is 0. The largest absolute Gasteiger partial charge is 0.489 e. The number of hydrogen-bond acceptors (Lipinski definition) is 4. The van der Waals surface area contributed by atoms with Gasteiger partial charge in [-0.15, -0.1) is 11.3 Å². The minimum Gasteiger partial charge on any atom is -0.489 e. The molecule has 165 valence electrons. The summed E-state index contributed by atoms with van der Waals surface area (Å²) in [5.41, 5.74) is 2.56. The molecule has 0 fully saturated rings. The van der Waals surface area contributed by atoms with Crippen molar-refractivity contribution in [2.45, 2.75) is 58.3 Å². The third-order valence-corrected chi connectivity index (χ3v) is 7.27. The van der Waals surface area contributed by atoms with Crippen molar-refractivity contribution in [2.75, 3.05) is 5.75 Å². The summed E-state index contributed by atoms with van der Waals surface area (Å²) in [6.07, 6.45) is 2.48. The monoisotopic (exact) mass is 524 g/mol. The van der Waals surface area contributed by atoms with E-state index in [0.29, 0.717) is 16.3 Å². The van der Waals surface area contributed by atoms with Crippen LogP contribution < -0.4 is 0 Å². The van der Waals surface area contributed by atoms with Gasteiger partial charge < -0.3 is 18.4 Å². The summed E-state index contributed by atoms with van der Waals surface area (Å²) in [5.74, 6) is -0.161. The van der Waals surface area contributed by atoms with E-state index < -0.39 is 9.84 Å². The summed E-state index contributed by atoms with van der Waals surface area (Å²) < 4.78 is 25.3. The molecule has 0 spiro atoms. The molecule has 0 aliphatic heterocycles. The van der Waals surface area contributed by atoms with E-state index in [9.17, 15) is 13.2 Å². The molecule has 1 amide bonds. The van der Waals surface area contributed by atoms with Gasteiger partial charge in [-0.05, 0) is 38.0 Å². The molecule has 0 bridgehead atoms. The van der Waals surface area contributed by atoms with Gasteiger partial charge in [0.15, 0.2) is 9.84 Å². The number of benzene rings is 1. The van der Waals surface area contributed by atoms with Crippen molar-refractivity contribution in [3.05, 3.63) is 60.9 Å². The maximum Gasteiger partial charge on any atom is 0.219 e. The van der Waals surface area contributed by atoms with E-state index in [-0.39, 0.29) is 57.8 Å². The summed E-state index contributed by atoms with van der Waals surface area (Å²) in [4.78, 5) is 14.5. The molecule has 1 aromatic heterocycles. The van der Waals surface area contributed by atoms with Gasteiger partial charge >= 0.3 is 0 Å². The van der Waals surface area contributed by atoms with Crippen LogP contribution in [0.4, 0.5) is 0 Å². The van der Waals surface area contributed by atoms with Crippen LogP contribution in [0.2, 0.25) is 0 Å². The number of thiophene rings is 1. The zero-order valence-corrected chi connectivity index (χ0v) is 23.6. The fraction of sp³-hybridized carbons (Fsp3) is 0.391. The zero-order chi connectivity index (χ0) is 21.5. The first-order valence-electron chi connectivity index (χ1n) is 9.35. The standard InChI is InChI=1S/C20H24NO3S2.C2H6.CH3.Y/c1-6-11-26(23,24)20-19(12-15(4)25-20)18-9-7-17(8-10-18)13-21(14(2)3)16(5)22;1-2;;/h7-10,12,14H,1,11,13H2,2-5H3;1-2H3;1H3;/q-1;;-1;. The SMILES string of the molecule is C=[C-]CS(=O)(=O)c1sc(C)cc1-c1ccc(CN(C(C)=O)C(C)C)cc1.CC.[CH3-].[Y]. The van der Waals surface area contributed by atoms with Gasteiger partial charge in [-0.3, -0.25) is 11.4 Å². The summed E-state index contributed by atoms with van der Waals surface area (Å²) in [7, 11) is -3.43. The van der Waals surface area contributed by atoms with Gasteiger partial charge in [0, 0.05) is 62.7 Å². The zero-order valence-electron chi connectivity index (χ0n) is 19.2. The fourth-order valence-corrected chi connectivity index (χ4v) is 5.52. The summed E-state index contributed by atoms with van der Waals surface area (Å²) in [6, 6.07) is 9.72. The van der Waals surface area contributed by atoms with E-state index in [1.54, 1.807) is 11.8 Å². The molecule has 7 heteroatoms. The van der Waals surface area contributed by atoms with Crippen LogP contribution >= 0.6 is 11.3 Å². The molecule has 1 heterocycles. The second-order valence-electron chi connectivity index (χ2n) is 6.50. The van der Waals surface area contributed by atoms with Gasteiger partial charge in [0.25, 0.3) is 0 Å². The number of carbonyl (C=O) groups is 1. The molecule has 0 aliphatic carbocycles. The first kappa shape index (κ1) is 31.4. The minimum atomic E-state index is -3.43. The van der Waals surface area contributed by atoms with Crippen LogP contribution in [0.3, 0.4) is 0 Å².